The van der Waals surface area contributed by atoms with Crippen LogP contribution in [0.3, 0.4) is 0 Å². The molecule has 144 valence electrons. The molecule has 4 rings (SSSR count). The molecule has 0 unspecified atom stereocenters. The fourth-order valence-corrected chi connectivity index (χ4v) is 3.90. The summed E-state index contributed by atoms with van der Waals surface area (Å²) < 4.78 is 5.97. The summed E-state index contributed by atoms with van der Waals surface area (Å²) in [5, 5.41) is 3.57. The molecule has 0 spiro atoms. The Bertz CT molecular complexity index is 797. The zero-order valence-corrected chi connectivity index (χ0v) is 16.7. The second-order valence-electron chi connectivity index (χ2n) is 8.40. The van der Waals surface area contributed by atoms with E-state index in [1.165, 1.54) is 16.7 Å². The number of ether oxygens (including phenoxy) is 1. The number of benzene rings is 1. The van der Waals surface area contributed by atoms with Crippen molar-refractivity contribution in [1.82, 2.24) is 15.2 Å². The topological polar surface area (TPSA) is 40.6 Å². The minimum absolute atomic E-state index is 0.0783. The number of likely N-dealkylation sites (N-methyl/N-ethyl adjacent to an activating group) is 1. The molecule has 1 aromatic heterocycles. The summed E-state index contributed by atoms with van der Waals surface area (Å²) in [6.07, 6.45) is 2.91. The van der Waals surface area contributed by atoms with Crippen molar-refractivity contribution in [2.45, 2.75) is 39.0 Å². The van der Waals surface area contributed by atoms with Crippen LogP contribution in [0.15, 0.2) is 36.5 Å². The van der Waals surface area contributed by atoms with Crippen LogP contribution in [0.5, 0.6) is 5.75 Å². The minimum atomic E-state index is -0.0783. The highest BCUT2D eigenvalue weighted by molar-refractivity contribution is 5.43. The molecule has 1 saturated heterocycles. The lowest BCUT2D eigenvalue weighted by Crippen LogP contribution is -2.44. The van der Waals surface area contributed by atoms with E-state index in [4.69, 9.17) is 4.74 Å². The Kier molecular flexibility index (Phi) is 5.06. The van der Waals surface area contributed by atoms with E-state index in [2.05, 4.69) is 71.3 Å². The molecule has 2 aromatic rings. The van der Waals surface area contributed by atoms with Crippen molar-refractivity contribution < 1.29 is 4.74 Å². The number of fused-ring (bicyclic) bond motifs is 1. The fraction of sp³-hybridized carbons (Fsp3) is 0.500. The number of piperazine rings is 1. The molecule has 5 heteroatoms. The van der Waals surface area contributed by atoms with Gasteiger partial charge in [0.15, 0.2) is 0 Å². The van der Waals surface area contributed by atoms with Gasteiger partial charge in [0.2, 0.25) is 0 Å². The predicted octanol–water partition coefficient (Wildman–Crippen LogP) is 2.84. The molecule has 0 radical (unpaired) electrons. The van der Waals surface area contributed by atoms with Gasteiger partial charge in [-0.1, -0.05) is 12.1 Å². The normalized spacial score (nSPS) is 19.0. The van der Waals surface area contributed by atoms with Crippen molar-refractivity contribution in [3.05, 3.63) is 53.2 Å². The van der Waals surface area contributed by atoms with Gasteiger partial charge in [0.05, 0.1) is 0 Å². The van der Waals surface area contributed by atoms with Crippen LogP contribution in [-0.2, 0) is 19.5 Å². The molecule has 1 aromatic carbocycles. The van der Waals surface area contributed by atoms with Gasteiger partial charge in [-0.2, -0.15) is 0 Å². The van der Waals surface area contributed by atoms with E-state index in [0.29, 0.717) is 0 Å². The molecule has 0 amide bonds. The third-order valence-corrected chi connectivity index (χ3v) is 5.42. The Morgan fingerprint density at radius 1 is 1.04 bits per heavy atom. The van der Waals surface area contributed by atoms with Crippen molar-refractivity contribution in [3.63, 3.8) is 0 Å². The van der Waals surface area contributed by atoms with E-state index in [1.807, 2.05) is 6.20 Å². The van der Waals surface area contributed by atoms with Crippen LogP contribution in [0, 0.1) is 0 Å². The zero-order valence-electron chi connectivity index (χ0n) is 16.7. The molecule has 5 nitrogen and oxygen atoms in total. The van der Waals surface area contributed by atoms with Crippen LogP contribution < -0.4 is 15.0 Å². The average Bonchev–Trinajstić information content (AvgIpc) is 2.96. The molecular formula is C22H30N4O. The Morgan fingerprint density at radius 3 is 2.56 bits per heavy atom. The van der Waals surface area contributed by atoms with Crippen molar-refractivity contribution in [2.24, 2.45) is 0 Å². The van der Waals surface area contributed by atoms with E-state index < -0.39 is 0 Å². The van der Waals surface area contributed by atoms with Gasteiger partial charge in [0.25, 0.3) is 0 Å². The van der Waals surface area contributed by atoms with Gasteiger partial charge in [-0.3, -0.25) is 0 Å². The van der Waals surface area contributed by atoms with E-state index >= 15 is 0 Å². The number of aromatic nitrogens is 1. The van der Waals surface area contributed by atoms with Crippen LogP contribution in [0.4, 0.5) is 5.82 Å². The number of hydrogen-bond acceptors (Lipinski definition) is 5. The maximum Gasteiger partial charge on any atom is 0.128 e. The number of hydrogen-bond donors (Lipinski definition) is 1. The third-order valence-electron chi connectivity index (χ3n) is 5.42. The standard InChI is InChI=1S/C22H30N4O/c1-22(2)14-19-12-17(4-5-20(19)27-22)15-23-16-18-6-7-24-21(13-18)26-10-8-25(3)9-11-26/h4-7,12-13,23H,8-11,14-16H2,1-3H3. The molecule has 0 saturated carbocycles. The first-order valence-electron chi connectivity index (χ1n) is 9.88. The number of rotatable bonds is 5. The van der Waals surface area contributed by atoms with Crippen molar-refractivity contribution in [1.29, 1.82) is 0 Å². The first kappa shape index (κ1) is 18.3. The average molecular weight is 367 g/mol. The Hall–Kier alpha value is -2.11. The van der Waals surface area contributed by atoms with Crippen LogP contribution in [-0.4, -0.2) is 48.7 Å². The summed E-state index contributed by atoms with van der Waals surface area (Å²) in [7, 11) is 2.18. The van der Waals surface area contributed by atoms with Gasteiger partial charge in [0.1, 0.15) is 17.2 Å². The highest BCUT2D eigenvalue weighted by atomic mass is 16.5. The van der Waals surface area contributed by atoms with E-state index in [-0.39, 0.29) is 5.60 Å². The maximum atomic E-state index is 5.97. The zero-order chi connectivity index (χ0) is 18.9. The van der Waals surface area contributed by atoms with Crippen LogP contribution in [0.1, 0.15) is 30.5 Å². The van der Waals surface area contributed by atoms with Gasteiger partial charge < -0.3 is 19.9 Å². The highest BCUT2D eigenvalue weighted by Gasteiger charge is 2.29. The van der Waals surface area contributed by atoms with Gasteiger partial charge in [-0.25, -0.2) is 4.98 Å². The molecule has 0 aliphatic carbocycles. The van der Waals surface area contributed by atoms with Crippen molar-refractivity contribution >= 4 is 5.82 Å². The van der Waals surface area contributed by atoms with Gasteiger partial charge in [-0.05, 0) is 55.8 Å². The van der Waals surface area contributed by atoms with Crippen LogP contribution >= 0.6 is 0 Å². The lowest BCUT2D eigenvalue weighted by molar-refractivity contribution is 0.138. The van der Waals surface area contributed by atoms with Crippen molar-refractivity contribution in [2.75, 3.05) is 38.1 Å². The Labute approximate surface area is 162 Å². The molecule has 2 aliphatic rings. The summed E-state index contributed by atoms with van der Waals surface area (Å²) in [6, 6.07) is 10.9. The first-order valence-corrected chi connectivity index (χ1v) is 9.88. The van der Waals surface area contributed by atoms with E-state index in [0.717, 1.165) is 57.3 Å². The molecule has 2 aliphatic heterocycles. The largest absolute Gasteiger partial charge is 0.487 e. The molecule has 27 heavy (non-hydrogen) atoms. The monoisotopic (exact) mass is 366 g/mol. The van der Waals surface area contributed by atoms with Crippen LogP contribution in [0.2, 0.25) is 0 Å². The molecule has 0 atom stereocenters. The second-order valence-corrected chi connectivity index (χ2v) is 8.40. The van der Waals surface area contributed by atoms with E-state index in [1.54, 1.807) is 0 Å². The molecule has 1 fully saturated rings. The third kappa shape index (κ3) is 4.42. The predicted molar refractivity (Wildman–Crippen MR) is 109 cm³/mol. The lowest BCUT2D eigenvalue weighted by Gasteiger charge is -2.33. The highest BCUT2D eigenvalue weighted by Crippen LogP contribution is 2.35. The fourth-order valence-electron chi connectivity index (χ4n) is 3.90. The van der Waals surface area contributed by atoms with Crippen molar-refractivity contribution in [3.8, 4) is 5.75 Å². The maximum absolute atomic E-state index is 5.97. The first-order chi connectivity index (χ1) is 13.0. The number of pyridine rings is 1. The summed E-state index contributed by atoms with van der Waals surface area (Å²) in [6.45, 7) is 10.3. The number of anilines is 1. The quantitative estimate of drug-likeness (QED) is 0.881. The molecular weight excluding hydrogens is 336 g/mol. The molecule has 1 N–H and O–H groups in total. The summed E-state index contributed by atoms with van der Waals surface area (Å²) in [5.41, 5.74) is 3.83. The van der Waals surface area contributed by atoms with Gasteiger partial charge in [-0.15, -0.1) is 0 Å². The Balaban J connectivity index is 1.33. The SMILES string of the molecule is CN1CCN(c2cc(CNCc3ccc4c(c3)CC(C)(C)O4)ccn2)CC1. The Morgan fingerprint density at radius 2 is 1.78 bits per heavy atom. The molecule has 0 bridgehead atoms. The van der Waals surface area contributed by atoms with Crippen LogP contribution in [0.25, 0.3) is 0 Å². The smallest absolute Gasteiger partial charge is 0.128 e. The second kappa shape index (κ2) is 7.49. The van der Waals surface area contributed by atoms with Gasteiger partial charge in [0, 0.05) is 51.9 Å². The number of nitrogens with zero attached hydrogens (tertiary/aromatic N) is 3. The molecule has 3 heterocycles. The summed E-state index contributed by atoms with van der Waals surface area (Å²) in [4.78, 5) is 9.32. The summed E-state index contributed by atoms with van der Waals surface area (Å²) in [5.74, 6) is 2.13. The summed E-state index contributed by atoms with van der Waals surface area (Å²) >= 11 is 0. The number of nitrogens with one attached hydrogen (secondary N) is 1. The minimum Gasteiger partial charge on any atom is -0.487 e. The van der Waals surface area contributed by atoms with E-state index in [9.17, 15) is 0 Å². The lowest BCUT2D eigenvalue weighted by atomic mass is 10.0. The van der Waals surface area contributed by atoms with Gasteiger partial charge >= 0.3 is 0 Å².